The van der Waals surface area contributed by atoms with Gasteiger partial charge in [-0.05, 0) is 37.8 Å². The van der Waals surface area contributed by atoms with Crippen LogP contribution in [0.15, 0.2) is 41.1 Å². The molecule has 3 aromatic rings. The molecule has 3 heterocycles. The minimum atomic E-state index is -5.15. The Morgan fingerprint density at radius 1 is 1.08 bits per heavy atom. The van der Waals surface area contributed by atoms with Gasteiger partial charge in [-0.2, -0.15) is 23.0 Å². The van der Waals surface area contributed by atoms with Crippen LogP contribution in [-0.2, 0) is 4.79 Å². The van der Waals surface area contributed by atoms with Crippen molar-refractivity contribution >= 4 is 22.9 Å². The molecule has 1 saturated heterocycles. The zero-order chi connectivity index (χ0) is 26.0. The summed E-state index contributed by atoms with van der Waals surface area (Å²) in [4.78, 5) is 35.0. The standard InChI is InChI=1S/C25H26F3N5O4/c26-25(27,28)23(34)37-33-15-18(14-17-6-4-5-9-20(17)33)21-30-22(36-31-21)16-10-12-32(13-11-16)24(35)29-19-7-2-1-3-8-19/h4-6,9,14-16,19H,1-3,7-8,10-13H2/p+1. The summed E-state index contributed by atoms with van der Waals surface area (Å²) in [6.07, 6.45) is 2.95. The molecule has 5 rings (SSSR count). The number of hydrogen-bond donors (Lipinski definition) is 1. The molecule has 2 amide bonds. The van der Waals surface area contributed by atoms with Crippen LogP contribution < -0.4 is 14.9 Å². The number of carbonyl (C=O) groups is 2. The first-order valence-electron chi connectivity index (χ1n) is 12.4. The lowest BCUT2D eigenvalue weighted by molar-refractivity contribution is -0.849. The van der Waals surface area contributed by atoms with Crippen LogP contribution in [0.25, 0.3) is 22.3 Å². The average Bonchev–Trinajstić information content (AvgIpc) is 3.39. The van der Waals surface area contributed by atoms with Crippen LogP contribution >= 0.6 is 0 Å². The van der Waals surface area contributed by atoms with Crippen molar-refractivity contribution in [2.24, 2.45) is 0 Å². The molecule has 1 aliphatic carbocycles. The number of urea groups is 1. The lowest BCUT2D eigenvalue weighted by atomic mass is 9.95. The third kappa shape index (κ3) is 5.67. The van der Waals surface area contributed by atoms with Gasteiger partial charge in [0.15, 0.2) is 0 Å². The van der Waals surface area contributed by atoms with Crippen molar-refractivity contribution in [2.75, 3.05) is 13.1 Å². The SMILES string of the molecule is O=C(NC1CCCCC1)N1CCC(c2nc(-c3cc4ccccc4[n+](OC(=O)C(F)(F)F)c3)no2)CC1. The maximum Gasteiger partial charge on any atom is 0.498 e. The van der Waals surface area contributed by atoms with Crippen molar-refractivity contribution in [1.82, 2.24) is 20.4 Å². The Kier molecular flexibility index (Phi) is 6.98. The van der Waals surface area contributed by atoms with Crippen LogP contribution in [-0.4, -0.2) is 52.3 Å². The Hall–Kier alpha value is -3.70. The molecule has 0 unspecified atom stereocenters. The van der Waals surface area contributed by atoms with E-state index in [9.17, 15) is 22.8 Å². The number of para-hydroxylation sites is 1. The number of nitrogens with zero attached hydrogens (tertiary/aromatic N) is 4. The molecule has 1 aromatic carbocycles. The number of amides is 2. The van der Waals surface area contributed by atoms with Gasteiger partial charge in [-0.1, -0.05) is 36.6 Å². The third-order valence-electron chi connectivity index (χ3n) is 6.92. The van der Waals surface area contributed by atoms with Crippen molar-refractivity contribution in [3.8, 4) is 11.4 Å². The number of likely N-dealkylation sites (tertiary alicyclic amines) is 1. The maximum atomic E-state index is 12.8. The molecule has 196 valence electrons. The van der Waals surface area contributed by atoms with Crippen LogP contribution in [0, 0.1) is 0 Å². The number of aromatic nitrogens is 3. The Morgan fingerprint density at radius 2 is 1.81 bits per heavy atom. The minimum Gasteiger partial charge on any atom is -0.339 e. The second-order valence-electron chi connectivity index (χ2n) is 9.49. The summed E-state index contributed by atoms with van der Waals surface area (Å²) in [5.41, 5.74) is 0.597. The van der Waals surface area contributed by atoms with Crippen molar-refractivity contribution in [3.05, 3.63) is 42.4 Å². The smallest absolute Gasteiger partial charge is 0.339 e. The van der Waals surface area contributed by atoms with E-state index in [0.717, 1.165) is 30.4 Å². The second-order valence-corrected chi connectivity index (χ2v) is 9.49. The monoisotopic (exact) mass is 518 g/mol. The van der Waals surface area contributed by atoms with Crippen molar-refractivity contribution in [1.29, 1.82) is 0 Å². The van der Waals surface area contributed by atoms with Gasteiger partial charge in [0.2, 0.25) is 17.9 Å². The molecule has 0 radical (unpaired) electrons. The first-order chi connectivity index (χ1) is 17.8. The minimum absolute atomic E-state index is 0.0364. The largest absolute Gasteiger partial charge is 0.498 e. The van der Waals surface area contributed by atoms with Gasteiger partial charge in [-0.25, -0.2) is 9.59 Å². The number of rotatable bonds is 4. The van der Waals surface area contributed by atoms with E-state index in [0.29, 0.717) is 42.8 Å². The molecular weight excluding hydrogens is 491 g/mol. The lowest BCUT2D eigenvalue weighted by Gasteiger charge is -2.32. The van der Waals surface area contributed by atoms with E-state index in [2.05, 4.69) is 20.3 Å². The zero-order valence-corrected chi connectivity index (χ0v) is 20.0. The molecule has 0 atom stereocenters. The summed E-state index contributed by atoms with van der Waals surface area (Å²) in [5.74, 6) is -1.83. The number of benzene rings is 1. The maximum absolute atomic E-state index is 12.8. The molecule has 0 spiro atoms. The van der Waals surface area contributed by atoms with Crippen LogP contribution in [0.3, 0.4) is 0 Å². The third-order valence-corrected chi connectivity index (χ3v) is 6.92. The Morgan fingerprint density at radius 3 is 2.54 bits per heavy atom. The quantitative estimate of drug-likeness (QED) is 0.526. The van der Waals surface area contributed by atoms with Gasteiger partial charge in [0.1, 0.15) is 0 Å². The summed E-state index contributed by atoms with van der Waals surface area (Å²) < 4.78 is 44.7. The number of halogens is 3. The predicted octanol–water partition coefficient (Wildman–Crippen LogP) is 3.92. The van der Waals surface area contributed by atoms with Crippen LogP contribution in [0.2, 0.25) is 0 Å². The van der Waals surface area contributed by atoms with Gasteiger partial charge >= 0.3 is 18.2 Å². The zero-order valence-electron chi connectivity index (χ0n) is 20.0. The van der Waals surface area contributed by atoms with Crippen molar-refractivity contribution in [2.45, 2.75) is 63.1 Å². The number of alkyl halides is 3. The molecule has 2 aromatic heterocycles. The van der Waals surface area contributed by atoms with Gasteiger partial charge in [0, 0.05) is 35.8 Å². The highest BCUT2D eigenvalue weighted by molar-refractivity contribution is 5.80. The fourth-order valence-electron chi connectivity index (χ4n) is 4.91. The molecule has 1 aliphatic heterocycles. The topological polar surface area (TPSA) is 101 Å². The van der Waals surface area contributed by atoms with Crippen molar-refractivity contribution < 1.29 is 36.9 Å². The molecular formula is C25H27F3N5O4+. The number of hydrogen-bond acceptors (Lipinski definition) is 6. The van der Waals surface area contributed by atoms with Gasteiger partial charge in [-0.3, -0.25) is 0 Å². The summed E-state index contributed by atoms with van der Waals surface area (Å²) in [6, 6.07) is 8.42. The first kappa shape index (κ1) is 25.0. The fraction of sp³-hybridized carbons (Fsp3) is 0.480. The summed E-state index contributed by atoms with van der Waals surface area (Å²) in [5, 5.41) is 7.68. The normalized spacial score (nSPS) is 17.6. The van der Waals surface area contributed by atoms with E-state index in [1.165, 1.54) is 18.7 Å². The molecule has 0 bridgehead atoms. The van der Waals surface area contributed by atoms with E-state index in [1.807, 2.05) is 4.90 Å². The van der Waals surface area contributed by atoms with Crippen LogP contribution in [0.5, 0.6) is 0 Å². The molecule has 12 heteroatoms. The number of piperidine rings is 1. The summed E-state index contributed by atoms with van der Waals surface area (Å²) >= 11 is 0. The highest BCUT2D eigenvalue weighted by Gasteiger charge is 2.45. The molecule has 1 N–H and O–H groups in total. The number of carbonyl (C=O) groups excluding carboxylic acids is 2. The predicted molar refractivity (Wildman–Crippen MR) is 124 cm³/mol. The number of pyridine rings is 1. The van der Waals surface area contributed by atoms with Gasteiger partial charge in [-0.15, -0.1) is 0 Å². The van der Waals surface area contributed by atoms with E-state index in [1.54, 1.807) is 24.3 Å². The molecule has 9 nitrogen and oxygen atoms in total. The highest BCUT2D eigenvalue weighted by atomic mass is 19.4. The van der Waals surface area contributed by atoms with Gasteiger partial charge < -0.3 is 14.7 Å². The van der Waals surface area contributed by atoms with Gasteiger partial charge in [0.05, 0.1) is 10.9 Å². The van der Waals surface area contributed by atoms with E-state index < -0.39 is 12.1 Å². The summed E-state index contributed by atoms with van der Waals surface area (Å²) in [7, 11) is 0. The molecule has 2 aliphatic rings. The van der Waals surface area contributed by atoms with E-state index >= 15 is 0 Å². The highest BCUT2D eigenvalue weighted by Crippen LogP contribution is 2.29. The summed E-state index contributed by atoms with van der Waals surface area (Å²) in [6.45, 7) is 1.12. The van der Waals surface area contributed by atoms with Crippen LogP contribution in [0.4, 0.5) is 18.0 Å². The van der Waals surface area contributed by atoms with Gasteiger partial charge in [0.25, 0.3) is 5.52 Å². The average molecular weight is 519 g/mol. The van der Waals surface area contributed by atoms with E-state index in [-0.39, 0.29) is 29.3 Å². The Labute approximate surface area is 210 Å². The van der Waals surface area contributed by atoms with E-state index in [4.69, 9.17) is 4.52 Å². The number of nitrogens with one attached hydrogen (secondary N) is 1. The molecule has 1 saturated carbocycles. The van der Waals surface area contributed by atoms with Crippen molar-refractivity contribution in [3.63, 3.8) is 0 Å². The molecule has 37 heavy (non-hydrogen) atoms. The lowest BCUT2D eigenvalue weighted by Crippen LogP contribution is -2.50. The van der Waals surface area contributed by atoms with Crippen LogP contribution in [0.1, 0.15) is 56.8 Å². The molecule has 2 fully saturated rings. The fourth-order valence-corrected chi connectivity index (χ4v) is 4.91. The second kappa shape index (κ2) is 10.3. The number of fused-ring (bicyclic) bond motifs is 1. The Bertz CT molecular complexity index is 1280. The first-order valence-corrected chi connectivity index (χ1v) is 12.4. The Balaban J connectivity index is 1.28.